The van der Waals surface area contributed by atoms with Crippen LogP contribution >= 0.6 is 11.8 Å². The summed E-state index contributed by atoms with van der Waals surface area (Å²) in [5.74, 6) is -0.297. The molecule has 0 aliphatic carbocycles. The maximum absolute atomic E-state index is 13.3. The van der Waals surface area contributed by atoms with Gasteiger partial charge in [-0.25, -0.2) is 4.39 Å². The van der Waals surface area contributed by atoms with Crippen LogP contribution in [0.2, 0.25) is 0 Å². The zero-order valence-corrected chi connectivity index (χ0v) is 17.3. The molecule has 0 aromatic heterocycles. The first-order valence-corrected chi connectivity index (χ1v) is 10.8. The number of carbonyl (C=O) groups excluding carboxylic acids is 2. The molecule has 1 atom stereocenters. The van der Waals surface area contributed by atoms with Gasteiger partial charge in [0.2, 0.25) is 5.91 Å². The van der Waals surface area contributed by atoms with Crippen molar-refractivity contribution in [2.75, 3.05) is 16.0 Å². The summed E-state index contributed by atoms with van der Waals surface area (Å²) in [5.41, 5.74) is 3.95. The van der Waals surface area contributed by atoms with Gasteiger partial charge in [-0.3, -0.25) is 14.5 Å². The fourth-order valence-corrected chi connectivity index (χ4v) is 4.71. The van der Waals surface area contributed by atoms with Gasteiger partial charge in [-0.2, -0.15) is 0 Å². The molecule has 1 N–H and O–H groups in total. The van der Waals surface area contributed by atoms with Crippen LogP contribution in [0.5, 0.6) is 0 Å². The lowest BCUT2D eigenvalue weighted by molar-refractivity contribution is -0.115. The van der Waals surface area contributed by atoms with E-state index in [1.54, 1.807) is 30.0 Å². The Hall–Kier alpha value is -3.12. The second kappa shape index (κ2) is 8.71. The van der Waals surface area contributed by atoms with Gasteiger partial charge >= 0.3 is 0 Å². The van der Waals surface area contributed by atoms with Gasteiger partial charge in [-0.15, -0.1) is 11.8 Å². The van der Waals surface area contributed by atoms with Gasteiger partial charge in [0.25, 0.3) is 5.91 Å². The number of rotatable bonds is 5. The van der Waals surface area contributed by atoms with E-state index in [0.717, 1.165) is 23.2 Å². The van der Waals surface area contributed by atoms with Gasteiger partial charge in [0.05, 0.1) is 5.75 Å². The molecule has 4 nitrogen and oxygen atoms in total. The highest BCUT2D eigenvalue weighted by Gasteiger charge is 2.34. The summed E-state index contributed by atoms with van der Waals surface area (Å²) in [6.07, 6.45) is 0.850. The number of carbonyl (C=O) groups is 2. The standard InChI is InChI=1S/C24H21FN2O2S/c1-2-16-6-3-4-9-21(16)27-22(28)15-30-24(27)17-10-12-20(13-11-17)26-23(29)18-7-5-8-19(25)14-18/h3-14,24H,2,15H2,1H3,(H,26,29)/t24-/m0/s1. The number of nitrogens with one attached hydrogen (secondary N) is 1. The fraction of sp³-hybridized carbons (Fsp3) is 0.167. The van der Waals surface area contributed by atoms with E-state index in [9.17, 15) is 14.0 Å². The van der Waals surface area contributed by atoms with Crippen molar-refractivity contribution in [3.8, 4) is 0 Å². The molecule has 1 heterocycles. The van der Waals surface area contributed by atoms with Crippen molar-refractivity contribution in [3.63, 3.8) is 0 Å². The molecule has 152 valence electrons. The van der Waals surface area contributed by atoms with E-state index in [1.165, 1.54) is 18.2 Å². The Bertz CT molecular complexity index is 1080. The minimum atomic E-state index is -0.451. The predicted molar refractivity (Wildman–Crippen MR) is 119 cm³/mol. The van der Waals surface area contributed by atoms with Crippen molar-refractivity contribution in [1.82, 2.24) is 0 Å². The fourth-order valence-electron chi connectivity index (χ4n) is 3.54. The van der Waals surface area contributed by atoms with Gasteiger partial charge in [0.15, 0.2) is 0 Å². The quantitative estimate of drug-likeness (QED) is 0.600. The van der Waals surface area contributed by atoms with Crippen molar-refractivity contribution >= 4 is 35.0 Å². The molecule has 0 radical (unpaired) electrons. The molecule has 2 amide bonds. The second-order valence-corrected chi connectivity index (χ2v) is 8.06. The van der Waals surface area contributed by atoms with E-state index in [0.29, 0.717) is 11.4 Å². The SMILES string of the molecule is CCc1ccccc1N1C(=O)CS[C@H]1c1ccc(NC(=O)c2cccc(F)c2)cc1. The molecule has 1 saturated heterocycles. The highest BCUT2D eigenvalue weighted by atomic mass is 32.2. The molecular weight excluding hydrogens is 399 g/mol. The summed E-state index contributed by atoms with van der Waals surface area (Å²) in [6.45, 7) is 2.08. The maximum atomic E-state index is 13.3. The van der Waals surface area contributed by atoms with Crippen molar-refractivity contribution in [2.24, 2.45) is 0 Å². The molecular formula is C24H21FN2O2S. The van der Waals surface area contributed by atoms with E-state index >= 15 is 0 Å². The number of hydrogen-bond donors (Lipinski definition) is 1. The van der Waals surface area contributed by atoms with Crippen LogP contribution in [0.15, 0.2) is 72.8 Å². The number of para-hydroxylation sites is 1. The van der Waals surface area contributed by atoms with Crippen LogP contribution in [0.25, 0.3) is 0 Å². The number of nitrogens with zero attached hydrogens (tertiary/aromatic N) is 1. The minimum Gasteiger partial charge on any atom is -0.322 e. The highest BCUT2D eigenvalue weighted by molar-refractivity contribution is 8.00. The Morgan fingerprint density at radius 2 is 1.87 bits per heavy atom. The Morgan fingerprint density at radius 3 is 2.60 bits per heavy atom. The Morgan fingerprint density at radius 1 is 1.10 bits per heavy atom. The third-order valence-electron chi connectivity index (χ3n) is 5.04. The molecule has 0 unspecified atom stereocenters. The molecule has 0 saturated carbocycles. The number of anilines is 2. The minimum absolute atomic E-state index is 0.0920. The third-order valence-corrected chi connectivity index (χ3v) is 6.25. The summed E-state index contributed by atoms with van der Waals surface area (Å²) >= 11 is 1.59. The zero-order chi connectivity index (χ0) is 21.1. The average Bonchev–Trinajstić information content (AvgIpc) is 3.15. The molecule has 6 heteroatoms. The molecule has 4 rings (SSSR count). The maximum Gasteiger partial charge on any atom is 0.255 e. The molecule has 3 aromatic carbocycles. The summed E-state index contributed by atoms with van der Waals surface area (Å²) in [6, 6.07) is 21.0. The van der Waals surface area contributed by atoms with Crippen LogP contribution in [0.3, 0.4) is 0 Å². The summed E-state index contributed by atoms with van der Waals surface area (Å²) in [5, 5.41) is 2.67. The third kappa shape index (κ3) is 4.09. The lowest BCUT2D eigenvalue weighted by atomic mass is 10.1. The smallest absolute Gasteiger partial charge is 0.255 e. The summed E-state index contributed by atoms with van der Waals surface area (Å²) in [7, 11) is 0. The molecule has 3 aromatic rings. The molecule has 30 heavy (non-hydrogen) atoms. The second-order valence-electron chi connectivity index (χ2n) is 7.00. The topological polar surface area (TPSA) is 49.4 Å². The molecule has 0 spiro atoms. The van der Waals surface area contributed by atoms with Crippen LogP contribution in [-0.4, -0.2) is 17.6 Å². The predicted octanol–water partition coefficient (Wildman–Crippen LogP) is 5.42. The van der Waals surface area contributed by atoms with Gasteiger partial charge in [-0.05, 0) is 53.9 Å². The van der Waals surface area contributed by atoms with Crippen LogP contribution in [0.4, 0.5) is 15.8 Å². The number of benzene rings is 3. The molecule has 1 aliphatic heterocycles. The van der Waals surface area contributed by atoms with Gasteiger partial charge in [0.1, 0.15) is 11.2 Å². The number of aryl methyl sites for hydroxylation is 1. The number of hydrogen-bond acceptors (Lipinski definition) is 3. The van der Waals surface area contributed by atoms with E-state index < -0.39 is 5.82 Å². The van der Waals surface area contributed by atoms with Crippen molar-refractivity contribution in [2.45, 2.75) is 18.7 Å². The van der Waals surface area contributed by atoms with Crippen molar-refractivity contribution in [3.05, 3.63) is 95.3 Å². The van der Waals surface area contributed by atoms with Gasteiger partial charge in [0, 0.05) is 16.9 Å². The Labute approximate surface area is 179 Å². The van der Waals surface area contributed by atoms with Crippen LogP contribution in [0, 0.1) is 5.82 Å². The summed E-state index contributed by atoms with van der Waals surface area (Å²) in [4.78, 5) is 26.8. The van der Waals surface area contributed by atoms with E-state index in [1.807, 2.05) is 41.3 Å². The number of thioether (sulfide) groups is 1. The van der Waals surface area contributed by atoms with Gasteiger partial charge in [-0.1, -0.05) is 43.3 Å². The number of amides is 2. The van der Waals surface area contributed by atoms with Crippen molar-refractivity contribution < 1.29 is 14.0 Å². The summed E-state index contributed by atoms with van der Waals surface area (Å²) < 4.78 is 13.3. The molecule has 1 aliphatic rings. The first kappa shape index (κ1) is 20.2. The monoisotopic (exact) mass is 420 g/mol. The molecule has 0 bridgehead atoms. The highest BCUT2D eigenvalue weighted by Crippen LogP contribution is 2.43. The zero-order valence-electron chi connectivity index (χ0n) is 16.5. The lowest BCUT2D eigenvalue weighted by Gasteiger charge is -2.26. The lowest BCUT2D eigenvalue weighted by Crippen LogP contribution is -2.28. The largest absolute Gasteiger partial charge is 0.322 e. The Kier molecular flexibility index (Phi) is 5.86. The average molecular weight is 421 g/mol. The first-order chi connectivity index (χ1) is 14.6. The van der Waals surface area contributed by atoms with E-state index in [2.05, 4.69) is 12.2 Å². The van der Waals surface area contributed by atoms with Crippen LogP contribution < -0.4 is 10.2 Å². The normalized spacial score (nSPS) is 16.0. The van der Waals surface area contributed by atoms with Gasteiger partial charge < -0.3 is 5.32 Å². The molecule has 1 fully saturated rings. The van der Waals surface area contributed by atoms with Crippen molar-refractivity contribution in [1.29, 1.82) is 0 Å². The Balaban J connectivity index is 1.54. The van der Waals surface area contributed by atoms with E-state index in [4.69, 9.17) is 0 Å². The first-order valence-electron chi connectivity index (χ1n) is 9.75. The van der Waals surface area contributed by atoms with E-state index in [-0.39, 0.29) is 22.8 Å². The van der Waals surface area contributed by atoms with Crippen LogP contribution in [-0.2, 0) is 11.2 Å². The van der Waals surface area contributed by atoms with Crippen LogP contribution in [0.1, 0.15) is 33.8 Å². The number of halogens is 1.